The lowest BCUT2D eigenvalue weighted by molar-refractivity contribution is 0.396. The van der Waals surface area contributed by atoms with Gasteiger partial charge in [-0.3, -0.25) is 0 Å². The van der Waals surface area contributed by atoms with Gasteiger partial charge in [-0.25, -0.2) is 4.98 Å². The highest BCUT2D eigenvalue weighted by Gasteiger charge is 2.16. The monoisotopic (exact) mass is 290 g/mol. The number of aromatic nitrogens is 1. The normalized spacial score (nSPS) is 14.1. The molecule has 0 bridgehead atoms. The molecule has 0 saturated carbocycles. The van der Waals surface area contributed by atoms with Crippen molar-refractivity contribution < 1.29 is 4.74 Å². The Morgan fingerprint density at radius 3 is 2.55 bits per heavy atom. The maximum Gasteiger partial charge on any atom is 0.123 e. The number of rotatable bonds is 5. The Bertz CT molecular complexity index is 580. The zero-order valence-corrected chi connectivity index (χ0v) is 13.5. The van der Waals surface area contributed by atoms with Crippen LogP contribution in [0.1, 0.15) is 47.8 Å². The second-order valence-electron chi connectivity index (χ2n) is 5.18. The molecule has 0 spiro atoms. The lowest BCUT2D eigenvalue weighted by Gasteiger charge is -2.21. The molecule has 0 radical (unpaired) electrons. The Hall–Kier alpha value is -1.39. The molecule has 4 heteroatoms. The molecule has 2 unspecified atom stereocenters. The topological polar surface area (TPSA) is 34.1 Å². The van der Waals surface area contributed by atoms with Crippen LogP contribution in [0.15, 0.2) is 23.6 Å². The molecule has 108 valence electrons. The van der Waals surface area contributed by atoms with Crippen molar-refractivity contribution in [3.05, 3.63) is 45.4 Å². The summed E-state index contributed by atoms with van der Waals surface area (Å²) in [6.45, 7) is 8.41. The summed E-state index contributed by atoms with van der Waals surface area (Å²) in [4.78, 5) is 4.54. The highest BCUT2D eigenvalue weighted by molar-refractivity contribution is 7.09. The lowest BCUT2D eigenvalue weighted by atomic mass is 10.0. The number of thiazole rings is 1. The quantitative estimate of drug-likeness (QED) is 0.897. The smallest absolute Gasteiger partial charge is 0.123 e. The van der Waals surface area contributed by atoms with E-state index in [2.05, 4.69) is 54.7 Å². The second-order valence-corrected chi connectivity index (χ2v) is 6.07. The van der Waals surface area contributed by atoms with Crippen molar-refractivity contribution in [2.45, 2.75) is 39.8 Å². The van der Waals surface area contributed by atoms with Gasteiger partial charge in [0.1, 0.15) is 10.8 Å². The summed E-state index contributed by atoms with van der Waals surface area (Å²) in [5.41, 5.74) is 3.47. The number of nitrogens with one attached hydrogen (secondary N) is 1. The highest BCUT2D eigenvalue weighted by Crippen LogP contribution is 2.28. The van der Waals surface area contributed by atoms with Crippen LogP contribution in [-0.2, 0) is 0 Å². The minimum absolute atomic E-state index is 0.213. The first kappa shape index (κ1) is 15.0. The van der Waals surface area contributed by atoms with Crippen molar-refractivity contribution in [3.8, 4) is 5.75 Å². The fourth-order valence-corrected chi connectivity index (χ4v) is 3.10. The molecule has 20 heavy (non-hydrogen) atoms. The van der Waals surface area contributed by atoms with E-state index in [1.165, 1.54) is 11.1 Å². The van der Waals surface area contributed by atoms with Gasteiger partial charge in [0.05, 0.1) is 13.2 Å². The van der Waals surface area contributed by atoms with E-state index in [4.69, 9.17) is 4.74 Å². The molecule has 2 rings (SSSR count). The summed E-state index contributed by atoms with van der Waals surface area (Å²) < 4.78 is 5.49. The summed E-state index contributed by atoms with van der Waals surface area (Å²) in [5, 5.41) is 6.80. The number of aryl methyl sites for hydroxylation is 2. The number of ether oxygens (including phenoxy) is 1. The maximum absolute atomic E-state index is 5.49. The van der Waals surface area contributed by atoms with Crippen LogP contribution in [0.25, 0.3) is 0 Å². The number of hydrogen-bond acceptors (Lipinski definition) is 4. The van der Waals surface area contributed by atoms with Gasteiger partial charge < -0.3 is 10.1 Å². The predicted octanol–water partition coefficient (Wildman–Crippen LogP) is 4.18. The molecule has 0 saturated heterocycles. The van der Waals surface area contributed by atoms with Crippen molar-refractivity contribution in [2.75, 3.05) is 7.11 Å². The van der Waals surface area contributed by atoms with Crippen LogP contribution in [0.3, 0.4) is 0 Å². The standard InChI is InChI=1S/C16H22N2OS/c1-10-6-7-14(15(8-10)19-5)12(3)18-13(4)16-17-11(2)9-20-16/h6-9,12-13,18H,1-5H3. The molecule has 0 aliphatic rings. The van der Waals surface area contributed by atoms with Gasteiger partial charge >= 0.3 is 0 Å². The van der Waals surface area contributed by atoms with E-state index in [1.54, 1.807) is 18.4 Å². The van der Waals surface area contributed by atoms with Crippen LogP contribution in [0, 0.1) is 13.8 Å². The Morgan fingerprint density at radius 2 is 1.95 bits per heavy atom. The van der Waals surface area contributed by atoms with E-state index in [0.29, 0.717) is 0 Å². The van der Waals surface area contributed by atoms with Crippen LogP contribution in [-0.4, -0.2) is 12.1 Å². The summed E-state index contributed by atoms with van der Waals surface area (Å²) in [6.07, 6.45) is 0. The van der Waals surface area contributed by atoms with Gasteiger partial charge in [0.15, 0.2) is 0 Å². The Morgan fingerprint density at radius 1 is 1.20 bits per heavy atom. The average molecular weight is 290 g/mol. The van der Waals surface area contributed by atoms with Gasteiger partial charge in [-0.2, -0.15) is 0 Å². The molecule has 0 fully saturated rings. The van der Waals surface area contributed by atoms with Crippen LogP contribution in [0.4, 0.5) is 0 Å². The Kier molecular flexibility index (Phi) is 4.78. The van der Waals surface area contributed by atoms with E-state index >= 15 is 0 Å². The molecule has 2 atom stereocenters. The van der Waals surface area contributed by atoms with Gasteiger partial charge in [0.25, 0.3) is 0 Å². The minimum Gasteiger partial charge on any atom is -0.496 e. The molecular formula is C16H22N2OS. The van der Waals surface area contributed by atoms with E-state index in [1.807, 2.05) is 6.92 Å². The number of methoxy groups -OCH3 is 1. The minimum atomic E-state index is 0.213. The third-order valence-corrected chi connectivity index (χ3v) is 4.51. The first-order chi connectivity index (χ1) is 9.51. The van der Waals surface area contributed by atoms with Gasteiger partial charge in [0, 0.05) is 22.7 Å². The Labute approximate surface area is 125 Å². The summed E-state index contributed by atoms with van der Waals surface area (Å²) in [5.74, 6) is 0.938. The molecule has 0 aliphatic carbocycles. The summed E-state index contributed by atoms with van der Waals surface area (Å²) in [6, 6.07) is 6.77. The SMILES string of the molecule is COc1cc(C)ccc1C(C)NC(C)c1nc(C)cs1. The van der Waals surface area contributed by atoms with E-state index in [9.17, 15) is 0 Å². The molecule has 2 aromatic rings. The van der Waals surface area contributed by atoms with Gasteiger partial charge in [-0.05, 0) is 39.3 Å². The van der Waals surface area contributed by atoms with Crippen LogP contribution in [0.2, 0.25) is 0 Å². The first-order valence-corrected chi connectivity index (χ1v) is 7.72. The van der Waals surface area contributed by atoms with Crippen molar-refractivity contribution in [2.24, 2.45) is 0 Å². The Balaban J connectivity index is 2.13. The van der Waals surface area contributed by atoms with Gasteiger partial charge in [0.2, 0.25) is 0 Å². The lowest BCUT2D eigenvalue weighted by Crippen LogP contribution is -2.22. The molecule has 0 aliphatic heterocycles. The molecule has 1 aromatic heterocycles. The van der Waals surface area contributed by atoms with Crippen molar-refractivity contribution in [1.29, 1.82) is 0 Å². The fraction of sp³-hybridized carbons (Fsp3) is 0.438. The number of nitrogens with zero attached hydrogens (tertiary/aromatic N) is 1. The largest absolute Gasteiger partial charge is 0.496 e. The van der Waals surface area contributed by atoms with Crippen LogP contribution < -0.4 is 10.1 Å². The third kappa shape index (κ3) is 3.38. The molecule has 1 aromatic carbocycles. The average Bonchev–Trinajstić information content (AvgIpc) is 2.85. The van der Waals surface area contributed by atoms with E-state index in [-0.39, 0.29) is 12.1 Å². The summed E-state index contributed by atoms with van der Waals surface area (Å²) in [7, 11) is 1.72. The number of benzene rings is 1. The van der Waals surface area contributed by atoms with Gasteiger partial charge in [-0.15, -0.1) is 11.3 Å². The summed E-state index contributed by atoms with van der Waals surface area (Å²) >= 11 is 1.70. The zero-order chi connectivity index (χ0) is 14.7. The first-order valence-electron chi connectivity index (χ1n) is 6.84. The van der Waals surface area contributed by atoms with E-state index in [0.717, 1.165) is 16.5 Å². The van der Waals surface area contributed by atoms with E-state index < -0.39 is 0 Å². The van der Waals surface area contributed by atoms with Crippen molar-refractivity contribution >= 4 is 11.3 Å². The molecule has 1 heterocycles. The second kappa shape index (κ2) is 6.37. The molecular weight excluding hydrogens is 268 g/mol. The van der Waals surface area contributed by atoms with Crippen LogP contribution >= 0.6 is 11.3 Å². The zero-order valence-electron chi connectivity index (χ0n) is 12.7. The van der Waals surface area contributed by atoms with Crippen LogP contribution in [0.5, 0.6) is 5.75 Å². The van der Waals surface area contributed by atoms with Gasteiger partial charge in [-0.1, -0.05) is 12.1 Å². The van der Waals surface area contributed by atoms with Crippen molar-refractivity contribution in [3.63, 3.8) is 0 Å². The fourth-order valence-electron chi connectivity index (χ4n) is 2.28. The highest BCUT2D eigenvalue weighted by atomic mass is 32.1. The predicted molar refractivity (Wildman–Crippen MR) is 84.5 cm³/mol. The maximum atomic E-state index is 5.49. The molecule has 1 N–H and O–H groups in total. The molecule has 0 amide bonds. The third-order valence-electron chi connectivity index (χ3n) is 3.36. The number of hydrogen-bond donors (Lipinski definition) is 1. The molecule has 3 nitrogen and oxygen atoms in total. The van der Waals surface area contributed by atoms with Crippen molar-refractivity contribution in [1.82, 2.24) is 10.3 Å².